The summed E-state index contributed by atoms with van der Waals surface area (Å²) in [5.41, 5.74) is 2.72. The zero-order chi connectivity index (χ0) is 16.6. The first-order valence-electron chi connectivity index (χ1n) is 8.15. The number of rotatable bonds is 8. The standard InChI is InChI=1S/C20H21ClN2S/c21-19-9-6-18(7-10-19)15-24-20(14-23-13-12-22-16-23)11-8-17-4-2-1-3-5-17/h1-7,9-10,12-13,16,20H,8,11,14-15H2. The highest BCUT2D eigenvalue weighted by Gasteiger charge is 2.11. The maximum absolute atomic E-state index is 5.97. The lowest BCUT2D eigenvalue weighted by Crippen LogP contribution is -2.13. The summed E-state index contributed by atoms with van der Waals surface area (Å²) in [6.45, 7) is 0.991. The van der Waals surface area contributed by atoms with Crippen molar-refractivity contribution in [2.75, 3.05) is 0 Å². The molecule has 3 aromatic rings. The topological polar surface area (TPSA) is 17.8 Å². The van der Waals surface area contributed by atoms with Gasteiger partial charge in [-0.25, -0.2) is 4.98 Å². The fraction of sp³-hybridized carbons (Fsp3) is 0.250. The van der Waals surface area contributed by atoms with Gasteiger partial charge >= 0.3 is 0 Å². The molecule has 0 N–H and O–H groups in total. The number of aryl methyl sites for hydroxylation is 1. The zero-order valence-corrected chi connectivity index (χ0v) is 15.1. The van der Waals surface area contributed by atoms with Gasteiger partial charge in [0.25, 0.3) is 0 Å². The molecule has 0 radical (unpaired) electrons. The Labute approximate surface area is 152 Å². The number of hydrogen-bond donors (Lipinski definition) is 0. The molecule has 0 fully saturated rings. The van der Waals surface area contributed by atoms with Gasteiger partial charge in [-0.05, 0) is 36.1 Å². The number of aromatic nitrogens is 2. The fourth-order valence-corrected chi connectivity index (χ4v) is 3.93. The van der Waals surface area contributed by atoms with Gasteiger partial charge in [0.1, 0.15) is 0 Å². The summed E-state index contributed by atoms with van der Waals surface area (Å²) in [6, 6.07) is 18.9. The van der Waals surface area contributed by atoms with E-state index in [1.54, 1.807) is 0 Å². The van der Waals surface area contributed by atoms with Gasteiger partial charge in [0.05, 0.1) is 6.33 Å². The molecule has 4 heteroatoms. The first-order valence-corrected chi connectivity index (χ1v) is 9.58. The van der Waals surface area contributed by atoms with Crippen molar-refractivity contribution in [2.45, 2.75) is 30.4 Å². The number of halogens is 1. The number of nitrogens with zero attached hydrogens (tertiary/aromatic N) is 2. The molecule has 0 spiro atoms. The minimum absolute atomic E-state index is 0.551. The van der Waals surface area contributed by atoms with Crippen LogP contribution in [0.25, 0.3) is 0 Å². The van der Waals surface area contributed by atoms with Crippen LogP contribution in [-0.4, -0.2) is 14.8 Å². The van der Waals surface area contributed by atoms with Crippen LogP contribution in [-0.2, 0) is 18.7 Å². The Kier molecular flexibility index (Phi) is 6.39. The van der Waals surface area contributed by atoms with Crippen LogP contribution in [0.2, 0.25) is 5.02 Å². The van der Waals surface area contributed by atoms with Crippen molar-refractivity contribution in [1.82, 2.24) is 9.55 Å². The monoisotopic (exact) mass is 356 g/mol. The molecule has 3 rings (SSSR count). The molecule has 1 atom stereocenters. The third-order valence-corrected chi connectivity index (χ3v) is 5.58. The molecular formula is C20H21ClN2S. The van der Waals surface area contributed by atoms with Gasteiger partial charge in [-0.3, -0.25) is 0 Å². The molecule has 24 heavy (non-hydrogen) atoms. The van der Waals surface area contributed by atoms with Crippen molar-refractivity contribution < 1.29 is 0 Å². The lowest BCUT2D eigenvalue weighted by molar-refractivity contribution is 0.624. The summed E-state index contributed by atoms with van der Waals surface area (Å²) in [7, 11) is 0. The Hall–Kier alpha value is -1.71. The second kappa shape index (κ2) is 8.95. The van der Waals surface area contributed by atoms with Crippen LogP contribution in [0.5, 0.6) is 0 Å². The molecule has 1 unspecified atom stereocenters. The van der Waals surface area contributed by atoms with Gasteiger partial charge in [0.15, 0.2) is 0 Å². The van der Waals surface area contributed by atoms with Crippen LogP contribution < -0.4 is 0 Å². The predicted molar refractivity (Wildman–Crippen MR) is 104 cm³/mol. The van der Waals surface area contributed by atoms with Gasteiger partial charge in [-0.1, -0.05) is 54.1 Å². The number of benzene rings is 2. The Balaban J connectivity index is 1.59. The van der Waals surface area contributed by atoms with Crippen LogP contribution in [0.4, 0.5) is 0 Å². The van der Waals surface area contributed by atoms with E-state index >= 15 is 0 Å². The molecule has 124 valence electrons. The maximum atomic E-state index is 5.97. The molecule has 0 saturated heterocycles. The van der Waals surface area contributed by atoms with Crippen LogP contribution in [0, 0.1) is 0 Å². The summed E-state index contributed by atoms with van der Waals surface area (Å²) in [5.74, 6) is 1.01. The van der Waals surface area contributed by atoms with Gasteiger partial charge in [-0.2, -0.15) is 11.8 Å². The van der Waals surface area contributed by atoms with Crippen LogP contribution in [0.1, 0.15) is 17.5 Å². The van der Waals surface area contributed by atoms with E-state index in [1.807, 2.05) is 42.6 Å². The van der Waals surface area contributed by atoms with Crippen molar-refractivity contribution in [1.29, 1.82) is 0 Å². The first kappa shape index (κ1) is 17.1. The molecule has 0 bridgehead atoms. The average molecular weight is 357 g/mol. The molecule has 1 heterocycles. The molecule has 0 aliphatic rings. The third kappa shape index (κ3) is 5.43. The van der Waals surface area contributed by atoms with E-state index in [2.05, 4.69) is 52.0 Å². The predicted octanol–water partition coefficient (Wildman–Crippen LogP) is 5.47. The second-order valence-corrected chi connectivity index (χ2v) is 7.57. The SMILES string of the molecule is Clc1ccc(CSC(CCc2ccccc2)Cn2ccnc2)cc1. The second-order valence-electron chi connectivity index (χ2n) is 5.84. The van der Waals surface area contributed by atoms with Gasteiger partial charge in [0, 0.05) is 35.0 Å². The highest BCUT2D eigenvalue weighted by molar-refractivity contribution is 7.99. The van der Waals surface area contributed by atoms with Crippen molar-refractivity contribution in [2.24, 2.45) is 0 Å². The quantitative estimate of drug-likeness (QED) is 0.532. The normalized spacial score (nSPS) is 12.2. The van der Waals surface area contributed by atoms with Crippen molar-refractivity contribution in [3.63, 3.8) is 0 Å². The van der Waals surface area contributed by atoms with E-state index in [9.17, 15) is 0 Å². The van der Waals surface area contributed by atoms with E-state index in [4.69, 9.17) is 11.6 Å². The molecule has 0 amide bonds. The highest BCUT2D eigenvalue weighted by Crippen LogP contribution is 2.24. The largest absolute Gasteiger partial charge is 0.336 e. The minimum atomic E-state index is 0.551. The van der Waals surface area contributed by atoms with E-state index in [0.717, 1.165) is 30.2 Å². The Bertz CT molecular complexity index is 711. The van der Waals surface area contributed by atoms with E-state index < -0.39 is 0 Å². The molecule has 1 aromatic heterocycles. The lowest BCUT2D eigenvalue weighted by Gasteiger charge is -2.17. The van der Waals surface area contributed by atoms with Crippen LogP contribution in [0.15, 0.2) is 73.3 Å². The Morgan fingerprint density at radius 2 is 1.79 bits per heavy atom. The molecule has 2 nitrogen and oxygen atoms in total. The van der Waals surface area contributed by atoms with Crippen molar-refractivity contribution >= 4 is 23.4 Å². The summed E-state index contributed by atoms with van der Waals surface area (Å²) in [5, 5.41) is 1.35. The smallest absolute Gasteiger partial charge is 0.0946 e. The molecule has 0 aliphatic carbocycles. The van der Waals surface area contributed by atoms with Crippen LogP contribution in [0.3, 0.4) is 0 Å². The third-order valence-electron chi connectivity index (χ3n) is 3.97. The number of hydrogen-bond acceptors (Lipinski definition) is 2. The lowest BCUT2D eigenvalue weighted by atomic mass is 10.1. The Morgan fingerprint density at radius 1 is 1.00 bits per heavy atom. The summed E-state index contributed by atoms with van der Waals surface area (Å²) in [4.78, 5) is 4.16. The minimum Gasteiger partial charge on any atom is -0.336 e. The number of thioether (sulfide) groups is 1. The summed E-state index contributed by atoms with van der Waals surface area (Å²) >= 11 is 7.98. The maximum Gasteiger partial charge on any atom is 0.0946 e. The van der Waals surface area contributed by atoms with E-state index in [0.29, 0.717) is 5.25 Å². The first-order chi connectivity index (χ1) is 11.8. The average Bonchev–Trinajstić information content (AvgIpc) is 3.13. The van der Waals surface area contributed by atoms with Crippen molar-refractivity contribution in [3.05, 3.63) is 89.5 Å². The zero-order valence-electron chi connectivity index (χ0n) is 13.5. The summed E-state index contributed by atoms with van der Waals surface area (Å²) in [6.07, 6.45) is 8.04. The van der Waals surface area contributed by atoms with E-state index in [-0.39, 0.29) is 0 Å². The summed E-state index contributed by atoms with van der Waals surface area (Å²) < 4.78 is 2.17. The fourth-order valence-electron chi connectivity index (χ4n) is 2.62. The van der Waals surface area contributed by atoms with Gasteiger partial charge < -0.3 is 4.57 Å². The number of imidazole rings is 1. The van der Waals surface area contributed by atoms with Crippen molar-refractivity contribution in [3.8, 4) is 0 Å². The van der Waals surface area contributed by atoms with Crippen LogP contribution >= 0.6 is 23.4 Å². The molecule has 0 saturated carbocycles. The molecular weight excluding hydrogens is 336 g/mol. The molecule has 0 aliphatic heterocycles. The van der Waals surface area contributed by atoms with Gasteiger partial charge in [-0.15, -0.1) is 0 Å². The Morgan fingerprint density at radius 3 is 2.50 bits per heavy atom. The van der Waals surface area contributed by atoms with Gasteiger partial charge in [0.2, 0.25) is 0 Å². The molecule has 2 aromatic carbocycles. The van der Waals surface area contributed by atoms with E-state index in [1.165, 1.54) is 11.1 Å². The highest BCUT2D eigenvalue weighted by atomic mass is 35.5.